The lowest BCUT2D eigenvalue weighted by atomic mass is 9.99. The smallest absolute Gasteiger partial charge is 0.164 e. The highest BCUT2D eigenvalue weighted by Crippen LogP contribution is 2.39. The third kappa shape index (κ3) is 18.4. The fraction of sp³-hybridized carbons (Fsp3) is 0.0400. The molecule has 0 radical (unpaired) electrons. The van der Waals surface area contributed by atoms with Crippen molar-refractivity contribution in [2.45, 2.75) is 34.6 Å². The molecule has 0 saturated carbocycles. The van der Waals surface area contributed by atoms with Gasteiger partial charge in [0.25, 0.3) is 0 Å². The van der Waals surface area contributed by atoms with E-state index in [0.29, 0.717) is 11.6 Å². The molecule has 0 spiro atoms. The molecular weight excluding hydrogens is 1640 g/mol. The summed E-state index contributed by atoms with van der Waals surface area (Å²) in [6.45, 7) is 10.1. The van der Waals surface area contributed by atoms with E-state index in [2.05, 4.69) is 442 Å². The molecule has 5 heterocycles. The van der Waals surface area contributed by atoms with Crippen molar-refractivity contribution in [3.8, 4) is 113 Å². The highest BCUT2D eigenvalue weighted by atomic mass is 15.0. The van der Waals surface area contributed by atoms with Crippen LogP contribution in [0, 0.1) is 34.6 Å². The second kappa shape index (κ2) is 37.8. The minimum atomic E-state index is 0.705. The Bertz CT molecular complexity index is 7600. The van der Waals surface area contributed by atoms with Crippen molar-refractivity contribution in [2.75, 3.05) is 0 Å². The minimum absolute atomic E-state index is 0.705. The summed E-state index contributed by atoms with van der Waals surface area (Å²) >= 11 is 0. The summed E-state index contributed by atoms with van der Waals surface area (Å²) in [4.78, 5) is 47.8. The number of hydrogen-bond acceptors (Lipinski definition) is 10. The average molecular weight is 1730 g/mol. The first-order valence-electron chi connectivity index (χ1n) is 45.5. The standard InChI is InChI=1S/C26H19N.3C25H18N2.C24H17N3/c1-18-15-25(22-14-13-19-7-2-3-9-21(19)17-22)27-26(16-18)24-12-6-10-20-8-4-5-11-23(20)24;1-17-26-24(21-14-13-18-7-2-3-9-20(18)15-21)16-25(27-17)23-12-6-10-19-8-4-5-11-22(19)23;1-17-15-24(23-12-6-10-19-8-4-5-11-22(19)23)27-25(26-17)21-14-13-18-7-2-3-9-20(18)16-21;1-17-15-24(21-14-13-18-7-2-3-9-20(18)16-21)27-25(26-17)23-12-6-10-19-8-4-5-11-22(19)23;1-16-25-23(20-14-13-17-7-2-3-9-19(17)15-20)27-24(26-16)22-12-6-10-18-8-4-5-11-21(18)22/h2-17H,1H3;3*2-16H,1H3;2-15H,1H3. The predicted octanol–water partition coefficient (Wildman–Crippen LogP) is 32.1. The van der Waals surface area contributed by atoms with E-state index >= 15 is 0 Å². The molecule has 0 unspecified atom stereocenters. The number of pyridine rings is 1. The van der Waals surface area contributed by atoms with Gasteiger partial charge in [-0.15, -0.1) is 0 Å². The average Bonchev–Trinajstić information content (AvgIpc) is 0.796. The quantitative estimate of drug-likeness (QED) is 0.130. The fourth-order valence-corrected chi connectivity index (χ4v) is 18.1. The second-order valence-electron chi connectivity index (χ2n) is 34.0. The van der Waals surface area contributed by atoms with Gasteiger partial charge in [-0.3, -0.25) is 0 Å². The van der Waals surface area contributed by atoms with Crippen LogP contribution in [0.15, 0.2) is 455 Å². The summed E-state index contributed by atoms with van der Waals surface area (Å²) in [6, 6.07) is 158. The van der Waals surface area contributed by atoms with Gasteiger partial charge in [0.1, 0.15) is 11.6 Å². The van der Waals surface area contributed by atoms with Crippen LogP contribution in [0.25, 0.3) is 221 Å². The van der Waals surface area contributed by atoms with Crippen molar-refractivity contribution < 1.29 is 0 Å². The molecule has 0 aliphatic carbocycles. The lowest BCUT2D eigenvalue weighted by Gasteiger charge is -2.10. The Hall–Kier alpha value is -17.6. The zero-order chi connectivity index (χ0) is 91.1. The van der Waals surface area contributed by atoms with E-state index in [0.717, 1.165) is 124 Å². The first kappa shape index (κ1) is 84.3. The van der Waals surface area contributed by atoms with Crippen LogP contribution in [0.3, 0.4) is 0 Å². The van der Waals surface area contributed by atoms with E-state index in [1.165, 1.54) is 113 Å². The second-order valence-corrected chi connectivity index (χ2v) is 34.0. The number of fused-ring (bicyclic) bond motifs is 10. The summed E-state index contributed by atoms with van der Waals surface area (Å²) in [5, 5.41) is 24.3. The predicted molar refractivity (Wildman–Crippen MR) is 563 cm³/mol. The lowest BCUT2D eigenvalue weighted by Crippen LogP contribution is -2.00. The molecule has 0 atom stereocenters. The minimum Gasteiger partial charge on any atom is -0.248 e. The summed E-state index contributed by atoms with van der Waals surface area (Å²) in [5.41, 5.74) is 20.0. The summed E-state index contributed by atoms with van der Waals surface area (Å²) in [7, 11) is 0. The molecule has 0 aliphatic heterocycles. The Morgan fingerprint density at radius 1 is 0.133 bits per heavy atom. The number of aromatic nitrogens is 10. The molecule has 25 rings (SSSR count). The number of benzene rings is 20. The number of rotatable bonds is 10. The van der Waals surface area contributed by atoms with E-state index in [9.17, 15) is 0 Å². The molecule has 0 bridgehead atoms. The van der Waals surface area contributed by atoms with Gasteiger partial charge in [0.2, 0.25) is 0 Å². The molecule has 0 aliphatic rings. The van der Waals surface area contributed by atoms with Gasteiger partial charge in [0.15, 0.2) is 23.3 Å². The van der Waals surface area contributed by atoms with Crippen molar-refractivity contribution in [2.24, 2.45) is 0 Å². The maximum Gasteiger partial charge on any atom is 0.164 e. The number of hydrogen-bond donors (Lipinski definition) is 0. The van der Waals surface area contributed by atoms with Gasteiger partial charge in [-0.1, -0.05) is 394 Å². The third-order valence-corrected chi connectivity index (χ3v) is 24.7. The van der Waals surface area contributed by atoms with Gasteiger partial charge in [-0.25, -0.2) is 49.8 Å². The molecule has 25 aromatic rings. The molecule has 20 aromatic carbocycles. The molecule has 5 aromatic heterocycles. The summed E-state index contributed by atoms with van der Waals surface area (Å²) in [5.74, 6) is 4.46. The zero-order valence-electron chi connectivity index (χ0n) is 75.3. The van der Waals surface area contributed by atoms with Crippen LogP contribution in [0.5, 0.6) is 0 Å². The fourth-order valence-electron chi connectivity index (χ4n) is 18.1. The first-order valence-corrected chi connectivity index (χ1v) is 45.5. The Balaban J connectivity index is 0.000000101. The number of nitrogens with zero attached hydrogens (tertiary/aromatic N) is 10. The molecule has 0 fully saturated rings. The van der Waals surface area contributed by atoms with Crippen LogP contribution in [0.1, 0.15) is 28.6 Å². The molecule has 0 N–H and O–H groups in total. The Kier molecular flexibility index (Phi) is 23.6. The molecule has 10 nitrogen and oxygen atoms in total. The summed E-state index contributed by atoms with van der Waals surface area (Å²) in [6.07, 6.45) is 0. The van der Waals surface area contributed by atoms with Crippen molar-refractivity contribution >= 4 is 108 Å². The molecular formula is C125H90N10. The molecule has 135 heavy (non-hydrogen) atoms. The van der Waals surface area contributed by atoms with Gasteiger partial charge in [-0.2, -0.15) is 0 Å². The van der Waals surface area contributed by atoms with E-state index in [1.807, 2.05) is 58.0 Å². The van der Waals surface area contributed by atoms with E-state index in [-0.39, 0.29) is 0 Å². The van der Waals surface area contributed by atoms with Crippen LogP contribution in [0.2, 0.25) is 0 Å². The van der Waals surface area contributed by atoms with E-state index in [4.69, 9.17) is 39.9 Å². The summed E-state index contributed by atoms with van der Waals surface area (Å²) < 4.78 is 0. The third-order valence-electron chi connectivity index (χ3n) is 24.7. The van der Waals surface area contributed by atoms with Crippen LogP contribution < -0.4 is 0 Å². The van der Waals surface area contributed by atoms with Gasteiger partial charge >= 0.3 is 0 Å². The van der Waals surface area contributed by atoms with Crippen LogP contribution in [0.4, 0.5) is 0 Å². The zero-order valence-corrected chi connectivity index (χ0v) is 75.3. The van der Waals surface area contributed by atoms with Crippen molar-refractivity contribution in [1.29, 1.82) is 0 Å². The van der Waals surface area contributed by atoms with Crippen molar-refractivity contribution in [1.82, 2.24) is 49.8 Å². The van der Waals surface area contributed by atoms with Gasteiger partial charge in [-0.05, 0) is 209 Å². The number of aryl methyl sites for hydroxylation is 5. The Morgan fingerprint density at radius 2 is 0.370 bits per heavy atom. The maximum atomic E-state index is 5.03. The van der Waals surface area contributed by atoms with Crippen LogP contribution >= 0.6 is 0 Å². The normalized spacial score (nSPS) is 11.1. The van der Waals surface area contributed by atoms with Gasteiger partial charge in [0.05, 0.1) is 34.2 Å². The highest BCUT2D eigenvalue weighted by molar-refractivity contribution is 6.02. The first-order chi connectivity index (χ1) is 66.4. The van der Waals surface area contributed by atoms with Crippen molar-refractivity contribution in [3.63, 3.8) is 0 Å². The Labute approximate surface area is 783 Å². The Morgan fingerprint density at radius 3 is 0.763 bits per heavy atom. The SMILES string of the molecule is Cc1cc(-c2ccc3ccccc3c2)nc(-c2cccc3ccccc23)c1.Cc1cc(-c2ccc3ccccc3c2)nc(-c2cccc3ccccc23)n1.Cc1cc(-c2cccc3ccccc23)nc(-c2ccc3ccccc3c2)n1.Cc1nc(-c2ccc3ccccc3c2)cc(-c2cccc3ccccc23)n1.Cc1nc(-c2ccc3ccccc3c2)nc(-c2cccc3ccccc23)n1. The van der Waals surface area contributed by atoms with Crippen LogP contribution in [-0.2, 0) is 0 Å². The molecule has 0 amide bonds. The monoisotopic (exact) mass is 1730 g/mol. The topological polar surface area (TPSA) is 129 Å². The van der Waals surface area contributed by atoms with E-state index < -0.39 is 0 Å². The highest BCUT2D eigenvalue weighted by Gasteiger charge is 2.18. The molecule has 0 saturated heterocycles. The maximum absolute atomic E-state index is 5.03. The van der Waals surface area contributed by atoms with Crippen molar-refractivity contribution in [3.05, 3.63) is 484 Å². The lowest BCUT2D eigenvalue weighted by molar-refractivity contribution is 0.993. The van der Waals surface area contributed by atoms with E-state index in [1.54, 1.807) is 0 Å². The van der Waals surface area contributed by atoms with Crippen LogP contribution in [-0.4, -0.2) is 49.8 Å². The molecule has 640 valence electrons. The van der Waals surface area contributed by atoms with Gasteiger partial charge < -0.3 is 0 Å². The largest absolute Gasteiger partial charge is 0.248 e. The van der Waals surface area contributed by atoms with Gasteiger partial charge in [0, 0.05) is 67.0 Å². The molecule has 10 heteroatoms.